The van der Waals surface area contributed by atoms with Gasteiger partial charge in [-0.2, -0.15) is 5.26 Å². The van der Waals surface area contributed by atoms with Crippen molar-refractivity contribution in [2.75, 3.05) is 0 Å². The zero-order valence-electron chi connectivity index (χ0n) is 11.2. The molecule has 0 aliphatic heterocycles. The predicted molar refractivity (Wildman–Crippen MR) is 75.0 cm³/mol. The van der Waals surface area contributed by atoms with Crippen molar-refractivity contribution in [3.05, 3.63) is 63.7 Å². The summed E-state index contributed by atoms with van der Waals surface area (Å²) in [5, 5.41) is 29.5. The zero-order chi connectivity index (χ0) is 15.4. The van der Waals surface area contributed by atoms with Crippen molar-refractivity contribution in [2.24, 2.45) is 0 Å². The van der Waals surface area contributed by atoms with Gasteiger partial charge in [0.25, 0.3) is 0 Å². The lowest BCUT2D eigenvalue weighted by molar-refractivity contribution is -0.385. The maximum absolute atomic E-state index is 11.1. The summed E-state index contributed by atoms with van der Waals surface area (Å²) in [6, 6.07) is 12.5. The molecule has 0 radical (unpaired) electrons. The first-order valence-electron chi connectivity index (χ1n) is 6.16. The van der Waals surface area contributed by atoms with Gasteiger partial charge < -0.3 is 9.84 Å². The van der Waals surface area contributed by atoms with Gasteiger partial charge in [0.2, 0.25) is 5.75 Å². The molecule has 6 heteroatoms. The molecular weight excluding hydrogens is 272 g/mol. The molecule has 0 bridgehead atoms. The molecule has 1 unspecified atom stereocenters. The standard InChI is InChI=1S/C15H12N2O4/c1-10(18)12-4-2-3-5-14(12)21-15-7-6-11(9-16)8-13(15)17(19)20/h2-8,10,18H,1H3. The fourth-order valence-electron chi connectivity index (χ4n) is 1.85. The molecule has 0 saturated carbocycles. The highest BCUT2D eigenvalue weighted by Crippen LogP contribution is 2.35. The maximum Gasteiger partial charge on any atom is 0.312 e. The average molecular weight is 284 g/mol. The van der Waals surface area contributed by atoms with Crippen LogP contribution < -0.4 is 4.74 Å². The highest BCUT2D eigenvalue weighted by Gasteiger charge is 2.18. The summed E-state index contributed by atoms with van der Waals surface area (Å²) in [6.45, 7) is 1.58. The molecule has 21 heavy (non-hydrogen) atoms. The second-order valence-corrected chi connectivity index (χ2v) is 4.37. The van der Waals surface area contributed by atoms with Crippen LogP contribution >= 0.6 is 0 Å². The van der Waals surface area contributed by atoms with Gasteiger partial charge >= 0.3 is 5.69 Å². The summed E-state index contributed by atoms with van der Waals surface area (Å²) in [5.41, 5.74) is 0.406. The van der Waals surface area contributed by atoms with E-state index in [9.17, 15) is 15.2 Å². The van der Waals surface area contributed by atoms with Crippen molar-refractivity contribution in [3.63, 3.8) is 0 Å². The summed E-state index contributed by atoms with van der Waals surface area (Å²) in [7, 11) is 0. The Morgan fingerprint density at radius 1 is 1.29 bits per heavy atom. The molecule has 2 aromatic rings. The van der Waals surface area contributed by atoms with Gasteiger partial charge in [0.15, 0.2) is 0 Å². The molecule has 0 aliphatic rings. The number of para-hydroxylation sites is 1. The number of aliphatic hydroxyl groups excluding tert-OH is 1. The van der Waals surface area contributed by atoms with Gasteiger partial charge in [0.1, 0.15) is 5.75 Å². The van der Waals surface area contributed by atoms with Crippen LogP contribution in [0.1, 0.15) is 24.2 Å². The van der Waals surface area contributed by atoms with Gasteiger partial charge in [0, 0.05) is 11.6 Å². The van der Waals surface area contributed by atoms with Crippen LogP contribution in [-0.2, 0) is 0 Å². The Kier molecular flexibility index (Phi) is 4.16. The van der Waals surface area contributed by atoms with E-state index in [0.717, 1.165) is 6.07 Å². The Morgan fingerprint density at radius 3 is 2.62 bits per heavy atom. The summed E-state index contributed by atoms with van der Waals surface area (Å²) in [6.07, 6.45) is -0.765. The average Bonchev–Trinajstić information content (AvgIpc) is 2.47. The van der Waals surface area contributed by atoms with Crippen LogP contribution in [-0.4, -0.2) is 10.0 Å². The Morgan fingerprint density at radius 2 is 2.00 bits per heavy atom. The molecule has 0 fully saturated rings. The van der Waals surface area contributed by atoms with Crippen LogP contribution in [0.25, 0.3) is 0 Å². The molecule has 0 spiro atoms. The van der Waals surface area contributed by atoms with E-state index in [1.165, 1.54) is 12.1 Å². The normalized spacial score (nSPS) is 11.5. The van der Waals surface area contributed by atoms with E-state index >= 15 is 0 Å². The number of ether oxygens (including phenoxy) is 1. The van der Waals surface area contributed by atoms with Gasteiger partial charge in [-0.15, -0.1) is 0 Å². The van der Waals surface area contributed by atoms with E-state index in [0.29, 0.717) is 11.3 Å². The fraction of sp³-hybridized carbons (Fsp3) is 0.133. The van der Waals surface area contributed by atoms with E-state index in [1.54, 1.807) is 31.2 Å². The minimum Gasteiger partial charge on any atom is -0.450 e. The van der Waals surface area contributed by atoms with Gasteiger partial charge in [-0.1, -0.05) is 18.2 Å². The number of hydrogen-bond acceptors (Lipinski definition) is 5. The number of nitro benzene ring substituents is 1. The quantitative estimate of drug-likeness (QED) is 0.686. The molecule has 6 nitrogen and oxygen atoms in total. The summed E-state index contributed by atoms with van der Waals surface area (Å²) in [5.74, 6) is 0.354. The minimum atomic E-state index is -0.765. The lowest BCUT2D eigenvalue weighted by atomic mass is 10.1. The first kappa shape index (κ1) is 14.5. The summed E-state index contributed by atoms with van der Waals surface area (Å²) in [4.78, 5) is 10.5. The minimum absolute atomic E-state index is 0.0205. The Balaban J connectivity index is 2.45. The number of rotatable bonds is 4. The third kappa shape index (κ3) is 3.16. The Labute approximate surface area is 121 Å². The van der Waals surface area contributed by atoms with Crippen LogP contribution in [0.15, 0.2) is 42.5 Å². The zero-order valence-corrected chi connectivity index (χ0v) is 11.2. The van der Waals surface area contributed by atoms with Gasteiger partial charge in [-0.05, 0) is 25.1 Å². The molecule has 0 saturated heterocycles. The monoisotopic (exact) mass is 284 g/mol. The molecule has 1 N–H and O–H groups in total. The predicted octanol–water partition coefficient (Wildman–Crippen LogP) is 3.31. The van der Waals surface area contributed by atoms with Gasteiger partial charge in [-0.25, -0.2) is 0 Å². The molecule has 0 aromatic heterocycles. The highest BCUT2D eigenvalue weighted by atomic mass is 16.6. The third-order valence-electron chi connectivity index (χ3n) is 2.87. The van der Waals surface area contributed by atoms with Crippen molar-refractivity contribution in [1.29, 1.82) is 5.26 Å². The molecule has 0 amide bonds. The number of nitrogens with zero attached hydrogens (tertiary/aromatic N) is 2. The summed E-state index contributed by atoms with van der Waals surface area (Å²) < 4.78 is 5.55. The van der Waals surface area contributed by atoms with Crippen LogP contribution in [0, 0.1) is 21.4 Å². The van der Waals surface area contributed by atoms with Crippen molar-refractivity contribution in [2.45, 2.75) is 13.0 Å². The van der Waals surface area contributed by atoms with Crippen LogP contribution in [0.4, 0.5) is 5.69 Å². The number of nitriles is 1. The molecular formula is C15H12N2O4. The van der Waals surface area contributed by atoms with Crippen molar-refractivity contribution >= 4 is 5.69 Å². The number of benzene rings is 2. The van der Waals surface area contributed by atoms with Crippen LogP contribution in [0.5, 0.6) is 11.5 Å². The van der Waals surface area contributed by atoms with Crippen molar-refractivity contribution in [1.82, 2.24) is 0 Å². The van der Waals surface area contributed by atoms with Gasteiger partial charge in [-0.3, -0.25) is 10.1 Å². The number of aliphatic hydroxyl groups is 1. The van der Waals surface area contributed by atoms with Crippen molar-refractivity contribution < 1.29 is 14.8 Å². The molecule has 2 aromatic carbocycles. The first-order chi connectivity index (χ1) is 10.0. The van der Waals surface area contributed by atoms with Gasteiger partial charge in [0.05, 0.1) is 22.7 Å². The number of nitro groups is 1. The number of hydrogen-bond donors (Lipinski definition) is 1. The topological polar surface area (TPSA) is 96.4 Å². The van der Waals surface area contributed by atoms with E-state index in [2.05, 4.69) is 0 Å². The van der Waals surface area contributed by atoms with E-state index in [-0.39, 0.29) is 17.0 Å². The van der Waals surface area contributed by atoms with Crippen LogP contribution in [0.3, 0.4) is 0 Å². The molecule has 106 valence electrons. The summed E-state index contributed by atoms with van der Waals surface area (Å²) >= 11 is 0. The van der Waals surface area contributed by atoms with Crippen LogP contribution in [0.2, 0.25) is 0 Å². The largest absolute Gasteiger partial charge is 0.450 e. The van der Waals surface area contributed by atoms with E-state index in [1.807, 2.05) is 6.07 Å². The molecule has 1 atom stereocenters. The Hall–Kier alpha value is -2.91. The molecule has 0 heterocycles. The lowest BCUT2D eigenvalue weighted by Crippen LogP contribution is -1.98. The SMILES string of the molecule is CC(O)c1ccccc1Oc1ccc(C#N)cc1[N+](=O)[O-]. The maximum atomic E-state index is 11.1. The Bertz CT molecular complexity index is 720. The fourth-order valence-corrected chi connectivity index (χ4v) is 1.85. The molecule has 2 rings (SSSR count). The smallest absolute Gasteiger partial charge is 0.312 e. The third-order valence-corrected chi connectivity index (χ3v) is 2.87. The van der Waals surface area contributed by atoms with Crippen molar-refractivity contribution in [3.8, 4) is 17.6 Å². The second-order valence-electron chi connectivity index (χ2n) is 4.37. The van der Waals surface area contributed by atoms with E-state index < -0.39 is 11.0 Å². The van der Waals surface area contributed by atoms with E-state index in [4.69, 9.17) is 10.00 Å². The second kappa shape index (κ2) is 6.03. The lowest BCUT2D eigenvalue weighted by Gasteiger charge is -2.13. The first-order valence-corrected chi connectivity index (χ1v) is 6.16. The highest BCUT2D eigenvalue weighted by molar-refractivity contribution is 5.53. The molecule has 0 aliphatic carbocycles.